The molecule has 4 atom stereocenters. The van der Waals surface area contributed by atoms with Crippen molar-refractivity contribution in [3.05, 3.63) is 12.2 Å². The molecule has 9 nitrogen and oxygen atoms in total. The topological polar surface area (TPSA) is 151 Å². The molecule has 0 rings (SSSR count). The van der Waals surface area contributed by atoms with E-state index in [1.54, 1.807) is 6.08 Å². The molecule has 42 heavy (non-hydrogen) atoms. The van der Waals surface area contributed by atoms with Crippen LogP contribution in [0.1, 0.15) is 149 Å². The Hall–Kier alpha value is -0.800. The number of hydrogen-bond donors (Lipinski definition) is 5. The normalized spacial score (nSPS) is 15.5. The molecule has 0 aliphatic heterocycles. The fourth-order valence-electron chi connectivity index (χ4n) is 4.82. The minimum absolute atomic E-state index is 0.0504. The van der Waals surface area contributed by atoms with E-state index in [4.69, 9.17) is 14.8 Å². The van der Waals surface area contributed by atoms with Crippen LogP contribution in [0.5, 0.6) is 0 Å². The Morgan fingerprint density at radius 3 is 1.83 bits per heavy atom. The first-order chi connectivity index (χ1) is 20.3. The number of unbranched alkanes of at least 4 members (excludes halogenated alkanes) is 17. The average Bonchev–Trinajstić information content (AvgIpc) is 2.96. The van der Waals surface area contributed by atoms with Gasteiger partial charge in [-0.25, -0.2) is 4.57 Å². The summed E-state index contributed by atoms with van der Waals surface area (Å²) in [6, 6.07) is -0.973. The van der Waals surface area contributed by atoms with Crippen LogP contribution in [-0.2, 0) is 18.4 Å². The molecule has 0 heterocycles. The average molecular weight is 621 g/mol. The highest BCUT2D eigenvalue weighted by Gasteiger charge is 2.27. The number of allylic oxidation sites excluding steroid dienone is 1. The molecule has 10 heteroatoms. The molecule has 0 aromatic heterocycles. The summed E-state index contributed by atoms with van der Waals surface area (Å²) in [6.45, 7) is 3.88. The lowest BCUT2D eigenvalue weighted by molar-refractivity contribution is -0.124. The van der Waals surface area contributed by atoms with Crippen molar-refractivity contribution in [2.24, 2.45) is 5.73 Å². The highest BCUT2D eigenvalue weighted by molar-refractivity contribution is 7.47. The molecule has 0 aliphatic carbocycles. The molecule has 0 radical (unpaired) electrons. The molecular formula is C32H65N2O7P. The molecule has 0 aromatic carbocycles. The lowest BCUT2D eigenvalue weighted by atomic mass is 10.0. The molecule has 0 spiro atoms. The third-order valence-corrected chi connectivity index (χ3v) is 8.40. The number of phosphoric ester groups is 1. The number of carbonyl (C=O) groups excluding carboxylic acids is 1. The van der Waals surface area contributed by atoms with Crippen LogP contribution >= 0.6 is 7.82 Å². The second kappa shape index (κ2) is 28.9. The van der Waals surface area contributed by atoms with Gasteiger partial charge in [-0.15, -0.1) is 0 Å². The molecule has 1 amide bonds. The van der Waals surface area contributed by atoms with Crippen LogP contribution in [0.15, 0.2) is 12.2 Å². The largest absolute Gasteiger partial charge is 0.472 e. The van der Waals surface area contributed by atoms with Crippen molar-refractivity contribution in [3.8, 4) is 0 Å². The van der Waals surface area contributed by atoms with Crippen molar-refractivity contribution in [1.29, 1.82) is 0 Å². The monoisotopic (exact) mass is 620 g/mol. The van der Waals surface area contributed by atoms with Crippen molar-refractivity contribution in [1.82, 2.24) is 5.32 Å². The third kappa shape index (κ3) is 26.8. The minimum Gasteiger partial charge on any atom is -0.393 e. The summed E-state index contributed by atoms with van der Waals surface area (Å²) in [4.78, 5) is 22.5. The van der Waals surface area contributed by atoms with Gasteiger partial charge in [-0.1, -0.05) is 135 Å². The Morgan fingerprint density at radius 1 is 0.810 bits per heavy atom. The van der Waals surface area contributed by atoms with Crippen LogP contribution in [-0.4, -0.2) is 59.0 Å². The molecule has 0 saturated carbocycles. The summed E-state index contributed by atoms with van der Waals surface area (Å²) in [6.07, 6.45) is 24.6. The lowest BCUT2D eigenvalue weighted by Gasteiger charge is -2.24. The standard InChI is InChI=1S/C32H65N2O7P/c1-3-5-7-9-11-12-13-14-15-16-18-19-21-23-29(35)27-32(37)34-30(28-41-42(38,39)40-26-25-33)31(36)24-22-20-17-10-8-6-4-2/h22,24,29-31,35-36H,3-21,23,25-28,33H2,1-2H3,(H,34,37)(H,38,39)/b24-22+. The Morgan fingerprint density at radius 2 is 1.31 bits per heavy atom. The van der Waals surface area contributed by atoms with E-state index in [1.165, 1.54) is 83.5 Å². The van der Waals surface area contributed by atoms with Crippen LogP contribution in [0.2, 0.25) is 0 Å². The molecular weight excluding hydrogens is 555 g/mol. The van der Waals surface area contributed by atoms with E-state index < -0.39 is 38.6 Å². The van der Waals surface area contributed by atoms with Gasteiger partial charge in [-0.2, -0.15) is 0 Å². The first-order valence-corrected chi connectivity index (χ1v) is 18.4. The summed E-state index contributed by atoms with van der Waals surface area (Å²) in [7, 11) is -4.38. The minimum atomic E-state index is -4.38. The first-order valence-electron chi connectivity index (χ1n) is 16.9. The maximum atomic E-state index is 12.6. The zero-order valence-electron chi connectivity index (χ0n) is 26.9. The van der Waals surface area contributed by atoms with Gasteiger partial charge in [-0.05, 0) is 19.3 Å². The van der Waals surface area contributed by atoms with Gasteiger partial charge in [0.05, 0.1) is 37.9 Å². The Bertz CT molecular complexity index is 696. The molecule has 6 N–H and O–H groups in total. The zero-order chi connectivity index (χ0) is 31.3. The summed E-state index contributed by atoms with van der Waals surface area (Å²) in [5.41, 5.74) is 5.31. The van der Waals surface area contributed by atoms with Crippen molar-refractivity contribution < 1.29 is 33.5 Å². The van der Waals surface area contributed by atoms with E-state index in [0.29, 0.717) is 6.42 Å². The van der Waals surface area contributed by atoms with E-state index in [2.05, 4.69) is 19.2 Å². The van der Waals surface area contributed by atoms with Crippen molar-refractivity contribution in [2.45, 2.75) is 167 Å². The van der Waals surface area contributed by atoms with Gasteiger partial charge in [0.2, 0.25) is 5.91 Å². The zero-order valence-corrected chi connectivity index (χ0v) is 27.8. The van der Waals surface area contributed by atoms with Crippen molar-refractivity contribution >= 4 is 13.7 Å². The Labute approximate surface area is 257 Å². The number of aliphatic hydroxyl groups excluding tert-OH is 2. The van der Waals surface area contributed by atoms with Crippen LogP contribution in [0, 0.1) is 0 Å². The van der Waals surface area contributed by atoms with Crippen LogP contribution in [0.25, 0.3) is 0 Å². The predicted molar refractivity (Wildman–Crippen MR) is 172 cm³/mol. The second-order valence-corrected chi connectivity index (χ2v) is 13.0. The molecule has 0 saturated heterocycles. The fraction of sp³-hybridized carbons (Fsp3) is 0.906. The number of nitrogens with two attached hydrogens (primary N) is 1. The Balaban J connectivity index is 4.39. The lowest BCUT2D eigenvalue weighted by Crippen LogP contribution is -2.46. The van der Waals surface area contributed by atoms with E-state index in [0.717, 1.165) is 38.5 Å². The first kappa shape index (κ1) is 41.2. The van der Waals surface area contributed by atoms with Crippen molar-refractivity contribution in [2.75, 3.05) is 19.8 Å². The number of rotatable bonds is 31. The van der Waals surface area contributed by atoms with Crippen LogP contribution < -0.4 is 11.1 Å². The Kier molecular flexibility index (Phi) is 28.4. The van der Waals surface area contributed by atoms with Gasteiger partial charge < -0.3 is 26.2 Å². The van der Waals surface area contributed by atoms with Crippen LogP contribution in [0.3, 0.4) is 0 Å². The van der Waals surface area contributed by atoms with E-state index in [1.807, 2.05) is 6.08 Å². The predicted octanol–water partition coefficient (Wildman–Crippen LogP) is 7.07. The second-order valence-electron chi connectivity index (χ2n) is 11.6. The van der Waals surface area contributed by atoms with E-state index >= 15 is 0 Å². The molecule has 0 aliphatic rings. The molecule has 0 fully saturated rings. The van der Waals surface area contributed by atoms with Gasteiger partial charge in [-0.3, -0.25) is 13.8 Å². The van der Waals surface area contributed by atoms with Gasteiger partial charge in [0.15, 0.2) is 0 Å². The summed E-state index contributed by atoms with van der Waals surface area (Å²) in [5, 5.41) is 23.7. The van der Waals surface area contributed by atoms with Gasteiger partial charge in [0, 0.05) is 6.54 Å². The number of hydrogen-bond acceptors (Lipinski definition) is 7. The number of aliphatic hydroxyl groups is 2. The van der Waals surface area contributed by atoms with Gasteiger partial charge in [0.25, 0.3) is 0 Å². The molecule has 4 unspecified atom stereocenters. The maximum absolute atomic E-state index is 12.6. The molecule has 0 bridgehead atoms. The highest BCUT2D eigenvalue weighted by Crippen LogP contribution is 2.43. The maximum Gasteiger partial charge on any atom is 0.472 e. The molecule has 250 valence electrons. The van der Waals surface area contributed by atoms with Gasteiger partial charge >= 0.3 is 7.82 Å². The summed E-state index contributed by atoms with van der Waals surface area (Å²) < 4.78 is 21.8. The summed E-state index contributed by atoms with van der Waals surface area (Å²) >= 11 is 0. The van der Waals surface area contributed by atoms with E-state index in [9.17, 15) is 24.5 Å². The number of nitrogens with one attached hydrogen (secondary N) is 1. The number of carbonyl (C=O) groups is 1. The van der Waals surface area contributed by atoms with E-state index in [-0.39, 0.29) is 19.6 Å². The third-order valence-electron chi connectivity index (χ3n) is 7.42. The number of phosphoric acid groups is 1. The summed E-state index contributed by atoms with van der Waals surface area (Å²) in [5.74, 6) is -0.451. The van der Waals surface area contributed by atoms with Crippen LogP contribution in [0.4, 0.5) is 0 Å². The van der Waals surface area contributed by atoms with Gasteiger partial charge in [0.1, 0.15) is 0 Å². The van der Waals surface area contributed by atoms with Crippen molar-refractivity contribution in [3.63, 3.8) is 0 Å². The SMILES string of the molecule is CCCCCCC/C=C/C(O)C(COP(=O)(O)OCCN)NC(=O)CC(O)CCCCCCCCCCCCCCC. The number of amides is 1. The smallest absolute Gasteiger partial charge is 0.393 e. The molecule has 0 aromatic rings. The highest BCUT2D eigenvalue weighted by atomic mass is 31.2. The fourth-order valence-corrected chi connectivity index (χ4v) is 5.58. The quantitative estimate of drug-likeness (QED) is 0.0313.